The second-order valence-electron chi connectivity index (χ2n) is 9.02. The molecular formula is C26H29FN4O2. The van der Waals surface area contributed by atoms with Gasteiger partial charge in [-0.25, -0.2) is 9.37 Å². The highest BCUT2D eigenvalue weighted by Gasteiger charge is 2.34. The number of imidazole rings is 1. The molecule has 1 aliphatic rings. The van der Waals surface area contributed by atoms with Crippen molar-refractivity contribution in [3.63, 3.8) is 0 Å². The second-order valence-corrected chi connectivity index (χ2v) is 9.02. The minimum Gasteiger partial charge on any atom is -0.330 e. The van der Waals surface area contributed by atoms with Crippen LogP contribution in [0.5, 0.6) is 0 Å². The molecule has 0 spiro atoms. The number of aryl methyl sites for hydroxylation is 1. The van der Waals surface area contributed by atoms with Crippen molar-refractivity contribution in [2.24, 2.45) is 5.92 Å². The molecule has 1 heterocycles. The molecule has 0 saturated heterocycles. The zero-order chi connectivity index (χ0) is 23.5. The quantitative estimate of drug-likeness (QED) is 0.530. The number of rotatable bonds is 8. The van der Waals surface area contributed by atoms with Crippen LogP contribution in [0.4, 0.5) is 10.3 Å². The molecule has 1 fully saturated rings. The van der Waals surface area contributed by atoms with Crippen LogP contribution in [0.25, 0.3) is 16.9 Å². The average Bonchev–Trinajstić information content (AvgIpc) is 3.54. The molecule has 172 valence electrons. The van der Waals surface area contributed by atoms with Gasteiger partial charge in [0.15, 0.2) is 0 Å². The summed E-state index contributed by atoms with van der Waals surface area (Å²) in [4.78, 5) is 31.9. The third-order valence-electron chi connectivity index (χ3n) is 5.67. The van der Waals surface area contributed by atoms with E-state index in [1.54, 1.807) is 34.7 Å². The summed E-state index contributed by atoms with van der Waals surface area (Å²) in [5, 5.41) is 2.85. The topological polar surface area (TPSA) is 67.2 Å². The van der Waals surface area contributed by atoms with E-state index in [1.807, 2.05) is 44.2 Å². The van der Waals surface area contributed by atoms with Gasteiger partial charge < -0.3 is 4.90 Å². The first kappa shape index (κ1) is 22.7. The standard InChI is InChI=1S/C26H29FN4O2/c1-17(2)13-25(33)30(20-11-12-20)16-24(32)29-26-28-23(19-7-5-4-6-8-19)15-31(26)21-10-9-18(3)22(27)14-21/h4-10,14-15,17,20H,11-13,16H2,1-3H3,(H,28,29,32). The highest BCUT2D eigenvalue weighted by Crippen LogP contribution is 2.29. The summed E-state index contributed by atoms with van der Waals surface area (Å²) >= 11 is 0. The fraction of sp³-hybridized carbons (Fsp3) is 0.346. The van der Waals surface area contributed by atoms with Crippen LogP contribution in [-0.4, -0.2) is 38.9 Å². The van der Waals surface area contributed by atoms with Gasteiger partial charge in [-0.2, -0.15) is 0 Å². The Morgan fingerprint density at radius 1 is 1.18 bits per heavy atom. The largest absolute Gasteiger partial charge is 0.330 e. The van der Waals surface area contributed by atoms with Gasteiger partial charge in [0.25, 0.3) is 0 Å². The van der Waals surface area contributed by atoms with Crippen molar-refractivity contribution in [3.8, 4) is 16.9 Å². The van der Waals surface area contributed by atoms with E-state index in [0.29, 0.717) is 23.4 Å². The van der Waals surface area contributed by atoms with E-state index >= 15 is 0 Å². The summed E-state index contributed by atoms with van der Waals surface area (Å²) in [5.41, 5.74) is 2.63. The highest BCUT2D eigenvalue weighted by atomic mass is 19.1. The van der Waals surface area contributed by atoms with Gasteiger partial charge in [0.05, 0.1) is 11.4 Å². The van der Waals surface area contributed by atoms with E-state index < -0.39 is 0 Å². The Hall–Kier alpha value is -3.48. The first-order chi connectivity index (χ1) is 15.8. The van der Waals surface area contributed by atoms with Gasteiger partial charge in [0.2, 0.25) is 17.8 Å². The van der Waals surface area contributed by atoms with Gasteiger partial charge in [-0.05, 0) is 43.4 Å². The smallest absolute Gasteiger partial charge is 0.246 e. The van der Waals surface area contributed by atoms with Crippen molar-refractivity contribution in [1.29, 1.82) is 0 Å². The predicted molar refractivity (Wildman–Crippen MR) is 127 cm³/mol. The molecule has 3 aromatic rings. The first-order valence-electron chi connectivity index (χ1n) is 11.3. The number of hydrogen-bond acceptors (Lipinski definition) is 3. The van der Waals surface area contributed by atoms with Gasteiger partial charge in [0.1, 0.15) is 12.4 Å². The molecule has 1 aromatic heterocycles. The van der Waals surface area contributed by atoms with E-state index in [0.717, 1.165) is 18.4 Å². The minimum atomic E-state index is -0.334. The number of nitrogens with one attached hydrogen (secondary N) is 1. The van der Waals surface area contributed by atoms with Crippen LogP contribution in [-0.2, 0) is 9.59 Å². The maximum absolute atomic E-state index is 14.3. The van der Waals surface area contributed by atoms with Crippen molar-refractivity contribution in [1.82, 2.24) is 14.5 Å². The molecule has 4 rings (SSSR count). The number of aromatic nitrogens is 2. The molecule has 0 unspecified atom stereocenters. The number of hydrogen-bond donors (Lipinski definition) is 1. The number of carbonyl (C=O) groups is 2. The van der Waals surface area contributed by atoms with Crippen LogP contribution in [0, 0.1) is 18.7 Å². The van der Waals surface area contributed by atoms with E-state index in [1.165, 1.54) is 6.07 Å². The zero-order valence-corrected chi connectivity index (χ0v) is 19.2. The molecule has 1 saturated carbocycles. The lowest BCUT2D eigenvalue weighted by atomic mass is 10.1. The molecule has 0 aliphatic heterocycles. The molecule has 2 amide bonds. The Balaban J connectivity index is 1.61. The number of benzene rings is 2. The van der Waals surface area contributed by atoms with E-state index in [-0.39, 0.29) is 42.1 Å². The minimum absolute atomic E-state index is 0.00317. The van der Waals surface area contributed by atoms with Crippen LogP contribution in [0.2, 0.25) is 0 Å². The Morgan fingerprint density at radius 3 is 2.55 bits per heavy atom. The monoisotopic (exact) mass is 448 g/mol. The first-order valence-corrected chi connectivity index (χ1v) is 11.3. The predicted octanol–water partition coefficient (Wildman–Crippen LogP) is 4.96. The van der Waals surface area contributed by atoms with Gasteiger partial charge in [0, 0.05) is 24.2 Å². The molecule has 1 N–H and O–H groups in total. The van der Waals surface area contributed by atoms with Crippen LogP contribution in [0.1, 0.15) is 38.7 Å². The molecule has 6 nitrogen and oxygen atoms in total. The van der Waals surface area contributed by atoms with Crippen molar-refractivity contribution < 1.29 is 14.0 Å². The second kappa shape index (κ2) is 9.57. The summed E-state index contributed by atoms with van der Waals surface area (Å²) in [5.74, 6) is -0.145. The number of carbonyl (C=O) groups excluding carboxylic acids is 2. The van der Waals surface area contributed by atoms with Crippen molar-refractivity contribution in [2.75, 3.05) is 11.9 Å². The zero-order valence-electron chi connectivity index (χ0n) is 19.2. The lowest BCUT2D eigenvalue weighted by molar-refractivity contribution is -0.135. The van der Waals surface area contributed by atoms with Gasteiger partial charge in [-0.1, -0.05) is 50.2 Å². The molecule has 7 heteroatoms. The van der Waals surface area contributed by atoms with Crippen molar-refractivity contribution in [2.45, 2.75) is 46.1 Å². The SMILES string of the molecule is Cc1ccc(-n2cc(-c3ccccc3)nc2NC(=O)CN(C(=O)CC(C)C)C2CC2)cc1F. The number of anilines is 1. The molecule has 1 aliphatic carbocycles. The average molecular weight is 449 g/mol. The fourth-order valence-corrected chi connectivity index (χ4v) is 3.74. The third-order valence-corrected chi connectivity index (χ3v) is 5.67. The summed E-state index contributed by atoms with van der Waals surface area (Å²) in [6, 6.07) is 14.6. The highest BCUT2D eigenvalue weighted by molar-refractivity contribution is 5.94. The third kappa shape index (κ3) is 5.48. The van der Waals surface area contributed by atoms with Gasteiger partial charge in [-0.3, -0.25) is 19.5 Å². The van der Waals surface area contributed by atoms with E-state index in [4.69, 9.17) is 0 Å². The Kier molecular flexibility index (Phi) is 6.58. The Morgan fingerprint density at radius 2 is 1.91 bits per heavy atom. The van der Waals surface area contributed by atoms with E-state index in [9.17, 15) is 14.0 Å². The summed E-state index contributed by atoms with van der Waals surface area (Å²) < 4.78 is 16.0. The molecular weight excluding hydrogens is 419 g/mol. The maximum Gasteiger partial charge on any atom is 0.246 e. The lowest BCUT2D eigenvalue weighted by Crippen LogP contribution is -2.40. The normalized spacial score (nSPS) is 13.2. The van der Waals surface area contributed by atoms with Crippen LogP contribution in [0.3, 0.4) is 0 Å². The molecule has 33 heavy (non-hydrogen) atoms. The van der Waals surface area contributed by atoms with E-state index in [2.05, 4.69) is 10.3 Å². The Labute approximate surface area is 193 Å². The van der Waals surface area contributed by atoms with Crippen LogP contribution in [0.15, 0.2) is 54.7 Å². The Bertz CT molecular complexity index is 1150. The summed E-state index contributed by atoms with van der Waals surface area (Å²) in [6.07, 6.45) is 4.04. The maximum atomic E-state index is 14.3. The van der Waals surface area contributed by atoms with Gasteiger partial charge >= 0.3 is 0 Å². The van der Waals surface area contributed by atoms with Gasteiger partial charge in [-0.15, -0.1) is 0 Å². The molecule has 0 radical (unpaired) electrons. The van der Waals surface area contributed by atoms with Crippen molar-refractivity contribution in [3.05, 3.63) is 66.1 Å². The molecule has 2 aromatic carbocycles. The molecule has 0 atom stereocenters. The molecule has 0 bridgehead atoms. The fourth-order valence-electron chi connectivity index (χ4n) is 3.74. The van der Waals surface area contributed by atoms with Crippen LogP contribution >= 0.6 is 0 Å². The summed E-state index contributed by atoms with van der Waals surface area (Å²) in [7, 11) is 0. The van der Waals surface area contributed by atoms with Crippen LogP contribution < -0.4 is 5.32 Å². The summed E-state index contributed by atoms with van der Waals surface area (Å²) in [6.45, 7) is 5.66. The number of halogens is 1. The lowest BCUT2D eigenvalue weighted by Gasteiger charge is -2.22. The number of amides is 2. The van der Waals surface area contributed by atoms with Crippen molar-refractivity contribution >= 4 is 17.8 Å². The number of nitrogens with zero attached hydrogens (tertiary/aromatic N) is 3.